The zero-order chi connectivity index (χ0) is 18.7. The number of hydrogen-bond donors (Lipinski definition) is 0. The molecule has 3 rings (SSSR count). The minimum absolute atomic E-state index is 0.210. The summed E-state index contributed by atoms with van der Waals surface area (Å²) in [6.45, 7) is 6.32. The second-order valence-corrected chi connectivity index (χ2v) is 8.96. The van der Waals surface area contributed by atoms with Crippen molar-refractivity contribution in [2.24, 2.45) is 23.7 Å². The van der Waals surface area contributed by atoms with Crippen LogP contribution in [0, 0.1) is 42.2 Å². The highest BCUT2D eigenvalue weighted by atomic mass is 19.2. The Morgan fingerprint density at radius 1 is 0.808 bits per heavy atom. The Bertz CT molecular complexity index is 574. The molecule has 2 aliphatic carbocycles. The fourth-order valence-electron chi connectivity index (χ4n) is 5.92. The summed E-state index contributed by atoms with van der Waals surface area (Å²) in [6, 6.07) is 3.55. The van der Waals surface area contributed by atoms with Crippen LogP contribution in [0.2, 0.25) is 0 Å². The Morgan fingerprint density at radius 2 is 1.35 bits per heavy atom. The van der Waals surface area contributed by atoms with Gasteiger partial charge in [0.15, 0.2) is 11.6 Å². The van der Waals surface area contributed by atoms with E-state index < -0.39 is 11.6 Å². The van der Waals surface area contributed by atoms with Gasteiger partial charge < -0.3 is 0 Å². The molecule has 1 aromatic carbocycles. The molecule has 2 saturated carbocycles. The van der Waals surface area contributed by atoms with E-state index in [4.69, 9.17) is 0 Å². The largest absolute Gasteiger partial charge is 0.203 e. The molecule has 2 heteroatoms. The van der Waals surface area contributed by atoms with Gasteiger partial charge in [-0.1, -0.05) is 38.8 Å². The molecule has 0 aliphatic heterocycles. The van der Waals surface area contributed by atoms with E-state index in [9.17, 15) is 8.78 Å². The van der Waals surface area contributed by atoms with Gasteiger partial charge in [0.05, 0.1) is 0 Å². The van der Waals surface area contributed by atoms with E-state index in [1.807, 2.05) is 6.07 Å². The SMILES string of the molecule is CCC(CC)C1CCC(C2CCC(c3ccc(C)c(F)c3F)CC2)CC1. The highest BCUT2D eigenvalue weighted by molar-refractivity contribution is 5.28. The van der Waals surface area contributed by atoms with Crippen LogP contribution in [0.25, 0.3) is 0 Å². The van der Waals surface area contributed by atoms with E-state index in [1.165, 1.54) is 51.4 Å². The summed E-state index contributed by atoms with van der Waals surface area (Å²) in [6.07, 6.45) is 12.7. The first-order valence-corrected chi connectivity index (χ1v) is 11.0. The Morgan fingerprint density at radius 3 is 1.88 bits per heavy atom. The molecule has 26 heavy (non-hydrogen) atoms. The van der Waals surface area contributed by atoms with Crippen LogP contribution in [-0.2, 0) is 0 Å². The van der Waals surface area contributed by atoms with Crippen LogP contribution < -0.4 is 0 Å². The maximum atomic E-state index is 14.3. The second-order valence-electron chi connectivity index (χ2n) is 8.96. The molecule has 2 aliphatic rings. The van der Waals surface area contributed by atoms with Crippen molar-refractivity contribution < 1.29 is 8.78 Å². The van der Waals surface area contributed by atoms with E-state index in [0.717, 1.165) is 36.5 Å². The van der Waals surface area contributed by atoms with Crippen LogP contribution in [-0.4, -0.2) is 0 Å². The van der Waals surface area contributed by atoms with Gasteiger partial charge in [-0.05, 0) is 99.0 Å². The van der Waals surface area contributed by atoms with Crippen molar-refractivity contribution in [1.29, 1.82) is 0 Å². The molecule has 0 bridgehead atoms. The Hall–Kier alpha value is -0.920. The lowest BCUT2D eigenvalue weighted by Gasteiger charge is -2.39. The summed E-state index contributed by atoms with van der Waals surface area (Å²) in [7, 11) is 0. The Balaban J connectivity index is 1.53. The lowest BCUT2D eigenvalue weighted by molar-refractivity contribution is 0.131. The molecular formula is C24H36F2. The standard InChI is InChI=1S/C24H36F2/c1-4-17(5-2)18-7-9-19(10-8-18)20-11-13-21(14-12-20)22-15-6-16(3)23(25)24(22)26/h6,15,17-21H,4-5,7-14H2,1-3H3. The average molecular weight is 363 g/mol. The molecule has 0 spiro atoms. The first kappa shape index (κ1) is 19.8. The van der Waals surface area contributed by atoms with E-state index in [0.29, 0.717) is 11.1 Å². The summed E-state index contributed by atoms with van der Waals surface area (Å²) in [5, 5.41) is 0. The highest BCUT2D eigenvalue weighted by Gasteiger charge is 2.33. The van der Waals surface area contributed by atoms with Crippen molar-refractivity contribution >= 4 is 0 Å². The molecule has 1 aromatic rings. The van der Waals surface area contributed by atoms with Gasteiger partial charge in [0, 0.05) is 0 Å². The molecule has 0 aromatic heterocycles. The van der Waals surface area contributed by atoms with E-state index in [2.05, 4.69) is 13.8 Å². The number of aryl methyl sites for hydroxylation is 1. The van der Waals surface area contributed by atoms with Gasteiger partial charge in [-0.25, -0.2) is 8.78 Å². The maximum absolute atomic E-state index is 14.3. The third kappa shape index (κ3) is 4.15. The van der Waals surface area contributed by atoms with Gasteiger partial charge in [-0.3, -0.25) is 0 Å². The van der Waals surface area contributed by atoms with Crippen molar-refractivity contribution in [3.8, 4) is 0 Å². The highest BCUT2D eigenvalue weighted by Crippen LogP contribution is 2.46. The zero-order valence-electron chi connectivity index (χ0n) is 16.9. The van der Waals surface area contributed by atoms with Crippen LogP contribution in [0.4, 0.5) is 8.78 Å². The van der Waals surface area contributed by atoms with Crippen molar-refractivity contribution in [3.63, 3.8) is 0 Å². The minimum atomic E-state index is -0.649. The molecule has 0 atom stereocenters. The smallest absolute Gasteiger partial charge is 0.162 e. The van der Waals surface area contributed by atoms with Crippen LogP contribution in [0.1, 0.15) is 95.1 Å². The molecule has 0 unspecified atom stereocenters. The van der Waals surface area contributed by atoms with Crippen molar-refractivity contribution in [1.82, 2.24) is 0 Å². The lowest BCUT2D eigenvalue weighted by Crippen LogP contribution is -2.28. The first-order valence-electron chi connectivity index (χ1n) is 11.0. The Labute approximate surface area is 158 Å². The van der Waals surface area contributed by atoms with E-state index in [1.54, 1.807) is 13.0 Å². The first-order chi connectivity index (χ1) is 12.5. The van der Waals surface area contributed by atoms with Crippen molar-refractivity contribution in [3.05, 3.63) is 34.9 Å². The van der Waals surface area contributed by atoms with Crippen LogP contribution in [0.15, 0.2) is 12.1 Å². The molecule has 146 valence electrons. The molecular weight excluding hydrogens is 326 g/mol. The van der Waals surface area contributed by atoms with E-state index >= 15 is 0 Å². The number of rotatable bonds is 5. The predicted molar refractivity (Wildman–Crippen MR) is 105 cm³/mol. The van der Waals surface area contributed by atoms with Gasteiger partial charge in [-0.2, -0.15) is 0 Å². The predicted octanol–water partition coefficient (Wildman–Crippen LogP) is 7.79. The third-order valence-corrected chi connectivity index (χ3v) is 7.72. The number of benzene rings is 1. The normalized spacial score (nSPS) is 29.9. The Kier molecular flexibility index (Phi) is 6.75. The van der Waals surface area contributed by atoms with Gasteiger partial charge >= 0.3 is 0 Å². The van der Waals surface area contributed by atoms with Crippen LogP contribution in [0.3, 0.4) is 0 Å². The summed E-state index contributed by atoms with van der Waals surface area (Å²) < 4.78 is 28.2. The second kappa shape index (κ2) is 8.85. The summed E-state index contributed by atoms with van der Waals surface area (Å²) in [5.41, 5.74) is 1.03. The summed E-state index contributed by atoms with van der Waals surface area (Å²) in [4.78, 5) is 0. The quantitative estimate of drug-likeness (QED) is 0.501. The zero-order valence-corrected chi connectivity index (χ0v) is 16.9. The van der Waals surface area contributed by atoms with Gasteiger partial charge in [0.25, 0.3) is 0 Å². The monoisotopic (exact) mass is 362 g/mol. The molecule has 0 nitrogen and oxygen atoms in total. The molecule has 0 N–H and O–H groups in total. The fourth-order valence-corrected chi connectivity index (χ4v) is 5.92. The van der Waals surface area contributed by atoms with Crippen LogP contribution >= 0.6 is 0 Å². The van der Waals surface area contributed by atoms with Gasteiger partial charge in [0.2, 0.25) is 0 Å². The van der Waals surface area contributed by atoms with Gasteiger partial charge in [-0.15, -0.1) is 0 Å². The summed E-state index contributed by atoms with van der Waals surface area (Å²) in [5.74, 6) is 2.52. The fraction of sp³-hybridized carbons (Fsp3) is 0.750. The number of halogens is 2. The molecule has 0 saturated heterocycles. The van der Waals surface area contributed by atoms with Crippen molar-refractivity contribution in [2.45, 2.75) is 90.9 Å². The van der Waals surface area contributed by atoms with Gasteiger partial charge in [0.1, 0.15) is 0 Å². The average Bonchev–Trinajstić information content (AvgIpc) is 2.68. The number of hydrogen-bond acceptors (Lipinski definition) is 0. The lowest BCUT2D eigenvalue weighted by atomic mass is 9.66. The molecule has 0 radical (unpaired) electrons. The summed E-state index contributed by atoms with van der Waals surface area (Å²) >= 11 is 0. The molecule has 0 amide bonds. The van der Waals surface area contributed by atoms with E-state index in [-0.39, 0.29) is 5.92 Å². The van der Waals surface area contributed by atoms with Crippen molar-refractivity contribution in [2.75, 3.05) is 0 Å². The third-order valence-electron chi connectivity index (χ3n) is 7.72. The topological polar surface area (TPSA) is 0 Å². The maximum Gasteiger partial charge on any atom is 0.162 e. The molecule has 2 fully saturated rings. The molecule has 0 heterocycles. The minimum Gasteiger partial charge on any atom is -0.203 e. The van der Waals surface area contributed by atoms with Crippen LogP contribution in [0.5, 0.6) is 0 Å².